The Labute approximate surface area is 179 Å². The fourth-order valence-corrected chi connectivity index (χ4v) is 3.79. The number of aromatic nitrogens is 3. The number of rotatable bonds is 6. The molecule has 0 atom stereocenters. The number of hydrogen-bond donors (Lipinski definition) is 2. The van der Waals surface area contributed by atoms with Gasteiger partial charge in [-0.25, -0.2) is 14.3 Å². The molecule has 7 nitrogen and oxygen atoms in total. The summed E-state index contributed by atoms with van der Waals surface area (Å²) in [5.74, 6) is 0.688. The molecule has 0 radical (unpaired) electrons. The van der Waals surface area contributed by atoms with Crippen LogP contribution < -0.4 is 16.3 Å². The summed E-state index contributed by atoms with van der Waals surface area (Å²) < 4.78 is 3.23. The molecule has 0 spiro atoms. The topological polar surface area (TPSA) is 81.0 Å². The minimum Gasteiger partial charge on any atom is -0.336 e. The molecule has 3 aromatic carbocycles. The van der Waals surface area contributed by atoms with Gasteiger partial charge in [0.15, 0.2) is 5.82 Å². The summed E-state index contributed by atoms with van der Waals surface area (Å²) in [4.78, 5) is 25.3. The van der Waals surface area contributed by atoms with E-state index in [0.29, 0.717) is 18.9 Å². The molecule has 0 aliphatic heterocycles. The standard InChI is InChI=1S/C24H23N5O2/c30-23(26-21-12-6-10-17-7-4-5-11-20(17)21)25-15-16-28-24(31)29(19-13-14-19)22(27-28)18-8-2-1-3-9-18/h1-12,19H,13-16H2,(H2,25,26,30). The monoisotopic (exact) mass is 413 g/mol. The Kier molecular flexibility index (Phi) is 5.00. The number of amides is 2. The normalized spacial score (nSPS) is 13.3. The molecule has 0 saturated heterocycles. The number of anilines is 1. The summed E-state index contributed by atoms with van der Waals surface area (Å²) in [6, 6.07) is 23.3. The van der Waals surface area contributed by atoms with Gasteiger partial charge in [0.2, 0.25) is 0 Å². The van der Waals surface area contributed by atoms with E-state index in [2.05, 4.69) is 15.7 Å². The largest absolute Gasteiger partial charge is 0.346 e. The van der Waals surface area contributed by atoms with Gasteiger partial charge < -0.3 is 10.6 Å². The average Bonchev–Trinajstić information content (AvgIpc) is 3.58. The first kappa shape index (κ1) is 19.1. The lowest BCUT2D eigenvalue weighted by Crippen LogP contribution is -2.34. The molecule has 1 fully saturated rings. The molecule has 1 aliphatic carbocycles. The zero-order chi connectivity index (χ0) is 21.2. The van der Waals surface area contributed by atoms with Gasteiger partial charge >= 0.3 is 11.7 Å². The van der Waals surface area contributed by atoms with Gasteiger partial charge in [0.1, 0.15) is 0 Å². The van der Waals surface area contributed by atoms with Crippen molar-refractivity contribution in [1.29, 1.82) is 0 Å². The van der Waals surface area contributed by atoms with Gasteiger partial charge in [0.25, 0.3) is 0 Å². The molecular formula is C24H23N5O2. The van der Waals surface area contributed by atoms with Crippen LogP contribution in [0.4, 0.5) is 10.5 Å². The van der Waals surface area contributed by atoms with Crippen molar-refractivity contribution in [1.82, 2.24) is 19.7 Å². The maximum absolute atomic E-state index is 12.9. The van der Waals surface area contributed by atoms with Crippen LogP contribution in [0, 0.1) is 0 Å². The molecule has 7 heteroatoms. The van der Waals surface area contributed by atoms with Crippen molar-refractivity contribution in [3.63, 3.8) is 0 Å². The van der Waals surface area contributed by atoms with Crippen molar-refractivity contribution in [2.75, 3.05) is 11.9 Å². The zero-order valence-electron chi connectivity index (χ0n) is 17.0. The van der Waals surface area contributed by atoms with Crippen molar-refractivity contribution in [3.8, 4) is 11.4 Å². The number of fused-ring (bicyclic) bond motifs is 1. The summed E-state index contributed by atoms with van der Waals surface area (Å²) in [6.45, 7) is 0.605. The number of nitrogens with zero attached hydrogens (tertiary/aromatic N) is 3. The Bertz CT molecular complexity index is 1280. The van der Waals surface area contributed by atoms with E-state index >= 15 is 0 Å². The smallest absolute Gasteiger partial charge is 0.336 e. The number of hydrogen-bond acceptors (Lipinski definition) is 3. The minimum absolute atomic E-state index is 0.127. The lowest BCUT2D eigenvalue weighted by Gasteiger charge is -2.10. The highest BCUT2D eigenvalue weighted by Gasteiger charge is 2.30. The lowest BCUT2D eigenvalue weighted by atomic mass is 10.1. The third-order valence-corrected chi connectivity index (χ3v) is 5.46. The first-order valence-electron chi connectivity index (χ1n) is 10.5. The summed E-state index contributed by atoms with van der Waals surface area (Å²) >= 11 is 0. The summed E-state index contributed by atoms with van der Waals surface area (Å²) in [5.41, 5.74) is 1.54. The van der Waals surface area contributed by atoms with Crippen molar-refractivity contribution in [2.24, 2.45) is 0 Å². The maximum Gasteiger partial charge on any atom is 0.346 e. The van der Waals surface area contributed by atoms with Crippen molar-refractivity contribution < 1.29 is 4.79 Å². The number of carbonyl (C=O) groups excluding carboxylic acids is 1. The molecular weight excluding hydrogens is 390 g/mol. The summed E-state index contributed by atoms with van der Waals surface area (Å²) in [7, 11) is 0. The third kappa shape index (κ3) is 3.94. The molecule has 2 amide bonds. The van der Waals surface area contributed by atoms with Crippen LogP contribution in [0.25, 0.3) is 22.2 Å². The van der Waals surface area contributed by atoms with Gasteiger partial charge in [-0.15, -0.1) is 5.10 Å². The van der Waals surface area contributed by atoms with Gasteiger partial charge in [0.05, 0.1) is 12.2 Å². The Balaban J connectivity index is 1.27. The van der Waals surface area contributed by atoms with E-state index in [1.54, 1.807) is 4.57 Å². The first-order chi connectivity index (χ1) is 15.2. The first-order valence-corrected chi connectivity index (χ1v) is 10.5. The van der Waals surface area contributed by atoms with E-state index in [1.165, 1.54) is 4.68 Å². The second-order valence-corrected chi connectivity index (χ2v) is 7.70. The van der Waals surface area contributed by atoms with Crippen molar-refractivity contribution in [3.05, 3.63) is 83.3 Å². The summed E-state index contributed by atoms with van der Waals surface area (Å²) in [6.07, 6.45) is 1.99. The second-order valence-electron chi connectivity index (χ2n) is 7.70. The SMILES string of the molecule is O=C(NCCn1nc(-c2ccccc2)n(C2CC2)c1=O)Nc1cccc2ccccc12. The zero-order valence-corrected chi connectivity index (χ0v) is 17.0. The summed E-state index contributed by atoms with van der Waals surface area (Å²) in [5, 5.41) is 12.3. The third-order valence-electron chi connectivity index (χ3n) is 5.46. The van der Waals surface area contributed by atoms with Crippen LogP contribution in [0.5, 0.6) is 0 Å². The van der Waals surface area contributed by atoms with Crippen LogP contribution in [0.15, 0.2) is 77.6 Å². The van der Waals surface area contributed by atoms with Crippen LogP contribution >= 0.6 is 0 Å². The molecule has 2 N–H and O–H groups in total. The highest BCUT2D eigenvalue weighted by atomic mass is 16.2. The van der Waals surface area contributed by atoms with Crippen molar-refractivity contribution in [2.45, 2.75) is 25.4 Å². The molecule has 5 rings (SSSR count). The minimum atomic E-state index is -0.311. The van der Waals surface area contributed by atoms with E-state index in [-0.39, 0.29) is 17.8 Å². The maximum atomic E-state index is 12.9. The fourth-order valence-electron chi connectivity index (χ4n) is 3.79. The van der Waals surface area contributed by atoms with E-state index < -0.39 is 0 Å². The second kappa shape index (κ2) is 8.10. The Morgan fingerprint density at radius 3 is 2.52 bits per heavy atom. The highest BCUT2D eigenvalue weighted by molar-refractivity contribution is 6.01. The van der Waals surface area contributed by atoms with E-state index in [0.717, 1.165) is 34.9 Å². The predicted octanol–water partition coefficient (Wildman–Crippen LogP) is 4.02. The van der Waals surface area contributed by atoms with Gasteiger partial charge in [0, 0.05) is 23.5 Å². The molecule has 1 saturated carbocycles. The number of nitrogens with one attached hydrogen (secondary N) is 2. The number of urea groups is 1. The van der Waals surface area contributed by atoms with E-state index in [9.17, 15) is 9.59 Å². The molecule has 4 aromatic rings. The highest BCUT2D eigenvalue weighted by Crippen LogP contribution is 2.36. The van der Waals surface area contributed by atoms with Gasteiger partial charge in [-0.1, -0.05) is 66.7 Å². The van der Waals surface area contributed by atoms with Crippen LogP contribution in [0.3, 0.4) is 0 Å². The van der Waals surface area contributed by atoms with Crippen LogP contribution in [0.2, 0.25) is 0 Å². The van der Waals surface area contributed by atoms with Gasteiger partial charge in [-0.05, 0) is 24.3 Å². The Morgan fingerprint density at radius 1 is 0.968 bits per heavy atom. The molecule has 0 bridgehead atoms. The number of benzene rings is 3. The van der Waals surface area contributed by atoms with E-state index in [1.807, 2.05) is 72.8 Å². The van der Waals surface area contributed by atoms with Crippen molar-refractivity contribution >= 4 is 22.5 Å². The molecule has 31 heavy (non-hydrogen) atoms. The number of carbonyl (C=O) groups is 1. The van der Waals surface area contributed by atoms with Crippen LogP contribution in [-0.2, 0) is 6.54 Å². The molecule has 1 aromatic heterocycles. The van der Waals surface area contributed by atoms with Gasteiger partial charge in [-0.2, -0.15) is 0 Å². The van der Waals surface area contributed by atoms with Crippen LogP contribution in [-0.4, -0.2) is 26.9 Å². The quantitative estimate of drug-likeness (QED) is 0.501. The molecule has 1 heterocycles. The molecule has 156 valence electrons. The predicted molar refractivity (Wildman–Crippen MR) is 121 cm³/mol. The van der Waals surface area contributed by atoms with Gasteiger partial charge in [-0.3, -0.25) is 4.57 Å². The fraction of sp³-hybridized carbons (Fsp3) is 0.208. The van der Waals surface area contributed by atoms with Crippen LogP contribution in [0.1, 0.15) is 18.9 Å². The molecule has 1 aliphatic rings. The molecule has 0 unspecified atom stereocenters. The Hall–Kier alpha value is -3.87. The lowest BCUT2D eigenvalue weighted by molar-refractivity contribution is 0.251. The Morgan fingerprint density at radius 2 is 1.71 bits per heavy atom. The average molecular weight is 413 g/mol. The van der Waals surface area contributed by atoms with E-state index in [4.69, 9.17) is 0 Å².